The van der Waals surface area contributed by atoms with Gasteiger partial charge >= 0.3 is 0 Å². The van der Waals surface area contributed by atoms with Crippen molar-refractivity contribution in [2.45, 2.75) is 6.04 Å². The number of halogens is 1. The molecule has 0 saturated heterocycles. The standard InChI is InChI=1S/C16H15ClN4O/c1-22-13-4-2-3-11(9-13)14(18)16-19-15(20-21-16)10-5-7-12(17)8-6-10/h2-9,14H,18H2,1H3,(H,19,20,21)/t14-/m0/s1. The first-order valence-electron chi connectivity index (χ1n) is 6.75. The van der Waals surface area contributed by atoms with Gasteiger partial charge in [-0.15, -0.1) is 0 Å². The van der Waals surface area contributed by atoms with E-state index in [2.05, 4.69) is 15.2 Å². The maximum atomic E-state index is 6.25. The molecule has 1 atom stereocenters. The van der Waals surface area contributed by atoms with Gasteiger partial charge in [-0.2, -0.15) is 5.10 Å². The van der Waals surface area contributed by atoms with E-state index in [0.717, 1.165) is 16.9 Å². The largest absolute Gasteiger partial charge is 0.497 e. The second kappa shape index (κ2) is 6.17. The third-order valence-corrected chi connectivity index (χ3v) is 3.60. The molecular weight excluding hydrogens is 300 g/mol. The minimum Gasteiger partial charge on any atom is -0.497 e. The van der Waals surface area contributed by atoms with Crippen LogP contribution < -0.4 is 10.5 Å². The van der Waals surface area contributed by atoms with Crippen LogP contribution in [-0.2, 0) is 0 Å². The monoisotopic (exact) mass is 314 g/mol. The summed E-state index contributed by atoms with van der Waals surface area (Å²) < 4.78 is 5.21. The Morgan fingerprint density at radius 2 is 1.95 bits per heavy atom. The van der Waals surface area contributed by atoms with Crippen LogP contribution in [0, 0.1) is 0 Å². The van der Waals surface area contributed by atoms with Crippen molar-refractivity contribution in [2.75, 3.05) is 7.11 Å². The number of rotatable bonds is 4. The summed E-state index contributed by atoms with van der Waals surface area (Å²) in [5.74, 6) is 1.94. The Kier molecular flexibility index (Phi) is 4.09. The summed E-state index contributed by atoms with van der Waals surface area (Å²) in [6, 6.07) is 14.5. The van der Waals surface area contributed by atoms with Gasteiger partial charge in [0.2, 0.25) is 0 Å². The van der Waals surface area contributed by atoms with E-state index < -0.39 is 6.04 Å². The number of hydrogen-bond acceptors (Lipinski definition) is 4. The van der Waals surface area contributed by atoms with Crippen LogP contribution in [0.25, 0.3) is 11.4 Å². The molecule has 0 fully saturated rings. The maximum Gasteiger partial charge on any atom is 0.181 e. The highest BCUT2D eigenvalue weighted by Crippen LogP contribution is 2.23. The van der Waals surface area contributed by atoms with Crippen LogP contribution in [0.4, 0.5) is 0 Å². The number of nitrogens with zero attached hydrogens (tertiary/aromatic N) is 2. The van der Waals surface area contributed by atoms with Gasteiger partial charge in [0.25, 0.3) is 0 Å². The fraction of sp³-hybridized carbons (Fsp3) is 0.125. The van der Waals surface area contributed by atoms with Crippen LogP contribution >= 0.6 is 11.6 Å². The highest BCUT2D eigenvalue weighted by molar-refractivity contribution is 6.30. The average molecular weight is 315 g/mol. The fourth-order valence-corrected chi connectivity index (χ4v) is 2.26. The van der Waals surface area contributed by atoms with Crippen molar-refractivity contribution < 1.29 is 4.74 Å². The van der Waals surface area contributed by atoms with Crippen LogP contribution in [0.5, 0.6) is 5.75 Å². The van der Waals surface area contributed by atoms with Crippen LogP contribution in [0.1, 0.15) is 17.4 Å². The lowest BCUT2D eigenvalue weighted by atomic mass is 10.1. The van der Waals surface area contributed by atoms with E-state index in [1.54, 1.807) is 19.2 Å². The zero-order valence-electron chi connectivity index (χ0n) is 12.0. The molecule has 3 aromatic rings. The van der Waals surface area contributed by atoms with Crippen LogP contribution in [0.2, 0.25) is 5.02 Å². The van der Waals surface area contributed by atoms with Crippen LogP contribution in [0.15, 0.2) is 48.5 Å². The van der Waals surface area contributed by atoms with Gasteiger partial charge in [-0.05, 0) is 42.0 Å². The summed E-state index contributed by atoms with van der Waals surface area (Å²) in [6.07, 6.45) is 0. The molecule has 1 aromatic heterocycles. The number of benzene rings is 2. The van der Waals surface area contributed by atoms with E-state index in [0.29, 0.717) is 16.7 Å². The van der Waals surface area contributed by atoms with E-state index >= 15 is 0 Å². The van der Waals surface area contributed by atoms with Crippen molar-refractivity contribution in [3.8, 4) is 17.1 Å². The van der Waals surface area contributed by atoms with E-state index in [-0.39, 0.29) is 0 Å². The minimum atomic E-state index is -0.399. The molecule has 0 bridgehead atoms. The Morgan fingerprint density at radius 1 is 1.18 bits per heavy atom. The summed E-state index contributed by atoms with van der Waals surface area (Å²) in [4.78, 5) is 4.47. The maximum absolute atomic E-state index is 6.25. The number of nitrogens with two attached hydrogens (primary N) is 1. The van der Waals surface area contributed by atoms with Gasteiger partial charge in [0.1, 0.15) is 11.6 Å². The SMILES string of the molecule is COc1cccc([C@H](N)c2nc(-c3ccc(Cl)cc3)n[nH]2)c1. The lowest BCUT2D eigenvalue weighted by molar-refractivity contribution is 0.414. The molecule has 0 aliphatic carbocycles. The average Bonchev–Trinajstić information content (AvgIpc) is 3.05. The van der Waals surface area contributed by atoms with E-state index in [1.807, 2.05) is 36.4 Å². The molecule has 112 valence electrons. The number of ether oxygens (including phenoxy) is 1. The zero-order valence-corrected chi connectivity index (χ0v) is 12.7. The molecule has 0 aliphatic rings. The molecule has 22 heavy (non-hydrogen) atoms. The number of aromatic amines is 1. The molecule has 0 radical (unpaired) electrons. The number of nitrogens with one attached hydrogen (secondary N) is 1. The Balaban J connectivity index is 1.87. The molecule has 3 rings (SSSR count). The molecule has 0 aliphatic heterocycles. The molecule has 0 spiro atoms. The molecule has 6 heteroatoms. The van der Waals surface area contributed by atoms with Gasteiger partial charge in [0.15, 0.2) is 5.82 Å². The molecule has 3 N–H and O–H groups in total. The quantitative estimate of drug-likeness (QED) is 0.775. The van der Waals surface area contributed by atoms with Crippen molar-refractivity contribution in [1.82, 2.24) is 15.2 Å². The molecule has 5 nitrogen and oxygen atoms in total. The predicted octanol–water partition coefficient (Wildman–Crippen LogP) is 3.18. The van der Waals surface area contributed by atoms with Crippen molar-refractivity contribution in [3.05, 3.63) is 64.9 Å². The third kappa shape index (κ3) is 2.95. The normalized spacial score (nSPS) is 12.1. The number of methoxy groups -OCH3 is 1. The topological polar surface area (TPSA) is 76.8 Å². The van der Waals surface area contributed by atoms with Crippen molar-refractivity contribution in [3.63, 3.8) is 0 Å². The Morgan fingerprint density at radius 3 is 2.68 bits per heavy atom. The van der Waals surface area contributed by atoms with Crippen molar-refractivity contribution in [1.29, 1.82) is 0 Å². The second-order valence-corrected chi connectivity index (χ2v) is 5.24. The van der Waals surface area contributed by atoms with Gasteiger partial charge in [0, 0.05) is 10.6 Å². The molecule has 1 heterocycles. The van der Waals surface area contributed by atoms with E-state index in [1.165, 1.54) is 0 Å². The molecule has 0 amide bonds. The molecular formula is C16H15ClN4O. The van der Waals surface area contributed by atoms with Crippen LogP contribution in [0.3, 0.4) is 0 Å². The lowest BCUT2D eigenvalue weighted by Gasteiger charge is -2.09. The first-order chi connectivity index (χ1) is 10.7. The van der Waals surface area contributed by atoms with Gasteiger partial charge in [0.05, 0.1) is 13.2 Å². The van der Waals surface area contributed by atoms with Crippen molar-refractivity contribution >= 4 is 11.6 Å². The van der Waals surface area contributed by atoms with Crippen molar-refractivity contribution in [2.24, 2.45) is 5.73 Å². The smallest absolute Gasteiger partial charge is 0.181 e. The van der Waals surface area contributed by atoms with E-state index in [4.69, 9.17) is 22.1 Å². The van der Waals surface area contributed by atoms with Gasteiger partial charge in [-0.1, -0.05) is 23.7 Å². The first-order valence-corrected chi connectivity index (χ1v) is 7.13. The van der Waals surface area contributed by atoms with Gasteiger partial charge < -0.3 is 10.5 Å². The number of H-pyrrole nitrogens is 1. The first kappa shape index (κ1) is 14.6. The summed E-state index contributed by atoms with van der Waals surface area (Å²) in [6.45, 7) is 0. The zero-order chi connectivity index (χ0) is 15.5. The Bertz CT molecular complexity index is 770. The third-order valence-electron chi connectivity index (χ3n) is 3.35. The van der Waals surface area contributed by atoms with E-state index in [9.17, 15) is 0 Å². The van der Waals surface area contributed by atoms with Gasteiger partial charge in [-0.3, -0.25) is 5.10 Å². The Hall–Kier alpha value is -2.37. The highest BCUT2D eigenvalue weighted by Gasteiger charge is 2.15. The summed E-state index contributed by atoms with van der Waals surface area (Å²) in [5.41, 5.74) is 8.03. The minimum absolute atomic E-state index is 0.399. The fourth-order valence-electron chi connectivity index (χ4n) is 2.13. The molecule has 0 unspecified atom stereocenters. The van der Waals surface area contributed by atoms with Crippen LogP contribution in [-0.4, -0.2) is 22.3 Å². The summed E-state index contributed by atoms with van der Waals surface area (Å²) >= 11 is 5.88. The second-order valence-electron chi connectivity index (χ2n) is 4.81. The van der Waals surface area contributed by atoms with Gasteiger partial charge in [-0.25, -0.2) is 4.98 Å². The molecule has 2 aromatic carbocycles. The summed E-state index contributed by atoms with van der Waals surface area (Å²) in [5, 5.41) is 7.78. The lowest BCUT2D eigenvalue weighted by Crippen LogP contribution is -2.13. The number of hydrogen-bond donors (Lipinski definition) is 2. The predicted molar refractivity (Wildman–Crippen MR) is 85.9 cm³/mol. The highest BCUT2D eigenvalue weighted by atomic mass is 35.5. The Labute approximate surface area is 133 Å². The molecule has 0 saturated carbocycles. The summed E-state index contributed by atoms with van der Waals surface area (Å²) in [7, 11) is 1.62. The number of aromatic nitrogens is 3.